The Balaban J connectivity index is 2.62. The quantitative estimate of drug-likeness (QED) is 0.759. The standard InChI is InChI=1S/C9H15ClN4O/c1-3-5-6-11-8-12-7(10)13-9(14-8)15-4-2/h3-6H2,1-2H3,(H,11,12,13,14). The van der Waals surface area contributed by atoms with E-state index >= 15 is 0 Å². The number of unbranched alkanes of at least 4 members (excludes halogenated alkanes) is 1. The molecule has 0 bridgehead atoms. The van der Waals surface area contributed by atoms with Crippen LogP contribution in [0.1, 0.15) is 26.7 Å². The zero-order chi connectivity index (χ0) is 11.1. The second kappa shape index (κ2) is 6.40. The molecule has 1 rings (SSSR count). The average molecular weight is 231 g/mol. The van der Waals surface area contributed by atoms with Gasteiger partial charge < -0.3 is 10.1 Å². The van der Waals surface area contributed by atoms with E-state index in [9.17, 15) is 0 Å². The molecule has 1 N–H and O–H groups in total. The van der Waals surface area contributed by atoms with Crippen molar-refractivity contribution in [3.05, 3.63) is 5.28 Å². The summed E-state index contributed by atoms with van der Waals surface area (Å²) < 4.78 is 5.15. The lowest BCUT2D eigenvalue weighted by atomic mass is 10.3. The molecule has 0 aliphatic heterocycles. The first kappa shape index (κ1) is 12.0. The first-order valence-electron chi connectivity index (χ1n) is 5.04. The maximum Gasteiger partial charge on any atom is 0.322 e. The first-order chi connectivity index (χ1) is 7.26. The number of nitrogens with zero attached hydrogens (tertiary/aromatic N) is 3. The fourth-order valence-electron chi connectivity index (χ4n) is 0.982. The molecule has 15 heavy (non-hydrogen) atoms. The van der Waals surface area contributed by atoms with Crippen LogP contribution in [-0.2, 0) is 0 Å². The molecule has 1 heterocycles. The Kier molecular flexibility index (Phi) is 5.10. The Labute approximate surface area is 94.2 Å². The fourth-order valence-corrected chi connectivity index (χ4v) is 1.13. The van der Waals surface area contributed by atoms with Gasteiger partial charge in [0.25, 0.3) is 0 Å². The number of nitrogens with one attached hydrogen (secondary N) is 1. The van der Waals surface area contributed by atoms with Crippen LogP contribution in [0.15, 0.2) is 0 Å². The maximum absolute atomic E-state index is 5.72. The van der Waals surface area contributed by atoms with Gasteiger partial charge in [0.15, 0.2) is 0 Å². The lowest BCUT2D eigenvalue weighted by Gasteiger charge is -2.05. The molecule has 5 nitrogen and oxygen atoms in total. The Morgan fingerprint density at radius 3 is 2.73 bits per heavy atom. The highest BCUT2D eigenvalue weighted by Gasteiger charge is 2.04. The van der Waals surface area contributed by atoms with E-state index in [1.807, 2.05) is 6.92 Å². The summed E-state index contributed by atoms with van der Waals surface area (Å²) in [6, 6.07) is 0.261. The van der Waals surface area contributed by atoms with Crippen LogP contribution in [0.3, 0.4) is 0 Å². The molecule has 0 aliphatic rings. The number of anilines is 1. The van der Waals surface area contributed by atoms with E-state index in [2.05, 4.69) is 27.2 Å². The third kappa shape index (κ3) is 4.29. The highest BCUT2D eigenvalue weighted by atomic mass is 35.5. The topological polar surface area (TPSA) is 59.9 Å². The Morgan fingerprint density at radius 2 is 2.07 bits per heavy atom. The van der Waals surface area contributed by atoms with Gasteiger partial charge in [-0.1, -0.05) is 13.3 Å². The molecule has 0 aromatic carbocycles. The van der Waals surface area contributed by atoms with Crippen molar-refractivity contribution < 1.29 is 4.74 Å². The van der Waals surface area contributed by atoms with Gasteiger partial charge in [-0.15, -0.1) is 0 Å². The van der Waals surface area contributed by atoms with Crippen LogP contribution in [0.4, 0.5) is 5.95 Å². The number of aromatic nitrogens is 3. The first-order valence-corrected chi connectivity index (χ1v) is 5.42. The number of hydrogen-bond donors (Lipinski definition) is 1. The van der Waals surface area contributed by atoms with Crippen LogP contribution in [0.25, 0.3) is 0 Å². The third-order valence-electron chi connectivity index (χ3n) is 1.67. The van der Waals surface area contributed by atoms with Crippen molar-refractivity contribution in [2.24, 2.45) is 0 Å². The van der Waals surface area contributed by atoms with E-state index in [-0.39, 0.29) is 11.3 Å². The van der Waals surface area contributed by atoms with E-state index in [0.717, 1.165) is 19.4 Å². The van der Waals surface area contributed by atoms with Gasteiger partial charge in [-0.05, 0) is 24.9 Å². The van der Waals surface area contributed by atoms with Gasteiger partial charge in [-0.3, -0.25) is 0 Å². The van der Waals surface area contributed by atoms with Crippen molar-refractivity contribution in [2.75, 3.05) is 18.5 Å². The van der Waals surface area contributed by atoms with Gasteiger partial charge in [0.05, 0.1) is 6.61 Å². The fraction of sp³-hybridized carbons (Fsp3) is 0.667. The summed E-state index contributed by atoms with van der Waals surface area (Å²) in [6.45, 7) is 5.31. The molecule has 0 atom stereocenters. The molecular weight excluding hydrogens is 216 g/mol. The predicted molar refractivity (Wildman–Crippen MR) is 59.4 cm³/mol. The second-order valence-corrected chi connectivity index (χ2v) is 3.26. The van der Waals surface area contributed by atoms with Crippen LogP contribution < -0.4 is 10.1 Å². The lowest BCUT2D eigenvalue weighted by Crippen LogP contribution is -2.08. The molecule has 6 heteroatoms. The minimum absolute atomic E-state index is 0.146. The third-order valence-corrected chi connectivity index (χ3v) is 1.84. The van der Waals surface area contributed by atoms with E-state index in [0.29, 0.717) is 12.6 Å². The Morgan fingerprint density at radius 1 is 1.27 bits per heavy atom. The summed E-state index contributed by atoms with van der Waals surface area (Å²) in [4.78, 5) is 11.8. The van der Waals surface area contributed by atoms with Crippen LogP contribution in [-0.4, -0.2) is 28.1 Å². The van der Waals surface area contributed by atoms with Gasteiger partial charge >= 0.3 is 6.01 Å². The summed E-state index contributed by atoms with van der Waals surface area (Å²) in [5, 5.41) is 3.20. The van der Waals surface area contributed by atoms with Crippen molar-refractivity contribution in [1.82, 2.24) is 15.0 Å². The molecule has 0 fully saturated rings. The Hall–Kier alpha value is -1.10. The van der Waals surface area contributed by atoms with E-state index < -0.39 is 0 Å². The molecule has 1 aromatic heterocycles. The molecule has 1 aromatic rings. The zero-order valence-electron chi connectivity index (χ0n) is 8.96. The number of halogens is 1. The zero-order valence-corrected chi connectivity index (χ0v) is 9.71. The number of hydrogen-bond acceptors (Lipinski definition) is 5. The van der Waals surface area contributed by atoms with Crippen molar-refractivity contribution in [3.63, 3.8) is 0 Å². The largest absolute Gasteiger partial charge is 0.464 e. The van der Waals surface area contributed by atoms with Gasteiger partial charge in [0.1, 0.15) is 0 Å². The molecule has 0 saturated carbocycles. The smallest absolute Gasteiger partial charge is 0.322 e. The molecule has 0 saturated heterocycles. The second-order valence-electron chi connectivity index (χ2n) is 2.92. The van der Waals surface area contributed by atoms with Gasteiger partial charge in [0.2, 0.25) is 11.2 Å². The van der Waals surface area contributed by atoms with Crippen LogP contribution >= 0.6 is 11.6 Å². The van der Waals surface area contributed by atoms with E-state index in [4.69, 9.17) is 16.3 Å². The van der Waals surface area contributed by atoms with Crippen molar-refractivity contribution in [1.29, 1.82) is 0 Å². The maximum atomic E-state index is 5.72. The molecule has 84 valence electrons. The highest BCUT2D eigenvalue weighted by Crippen LogP contribution is 2.11. The Bertz CT molecular complexity index is 308. The SMILES string of the molecule is CCCCNc1nc(Cl)nc(OCC)n1. The molecular formula is C9H15ClN4O. The van der Waals surface area contributed by atoms with Gasteiger partial charge in [-0.25, -0.2) is 0 Å². The summed E-state index contributed by atoms with van der Waals surface area (Å²) in [5.41, 5.74) is 0. The van der Waals surface area contributed by atoms with Gasteiger partial charge in [0, 0.05) is 6.54 Å². The van der Waals surface area contributed by atoms with E-state index in [1.54, 1.807) is 0 Å². The molecule has 0 unspecified atom stereocenters. The minimum Gasteiger partial charge on any atom is -0.464 e. The molecule has 0 amide bonds. The summed E-state index contributed by atoms with van der Waals surface area (Å²) in [6.07, 6.45) is 2.18. The summed E-state index contributed by atoms with van der Waals surface area (Å²) in [5.74, 6) is 0.465. The lowest BCUT2D eigenvalue weighted by molar-refractivity contribution is 0.312. The molecule has 0 spiro atoms. The van der Waals surface area contributed by atoms with Crippen LogP contribution in [0.2, 0.25) is 5.28 Å². The monoisotopic (exact) mass is 230 g/mol. The average Bonchev–Trinajstić information content (AvgIpc) is 2.18. The van der Waals surface area contributed by atoms with E-state index in [1.165, 1.54) is 0 Å². The predicted octanol–water partition coefficient (Wildman–Crippen LogP) is 2.14. The number of ether oxygens (including phenoxy) is 1. The minimum atomic E-state index is 0.146. The van der Waals surface area contributed by atoms with Crippen molar-refractivity contribution in [2.45, 2.75) is 26.7 Å². The van der Waals surface area contributed by atoms with Crippen molar-refractivity contribution >= 4 is 17.5 Å². The van der Waals surface area contributed by atoms with Crippen molar-refractivity contribution in [3.8, 4) is 6.01 Å². The molecule has 0 radical (unpaired) electrons. The van der Waals surface area contributed by atoms with Gasteiger partial charge in [-0.2, -0.15) is 15.0 Å². The summed E-state index contributed by atoms with van der Waals surface area (Å²) in [7, 11) is 0. The summed E-state index contributed by atoms with van der Waals surface area (Å²) >= 11 is 5.72. The van der Waals surface area contributed by atoms with Crippen LogP contribution in [0, 0.1) is 0 Å². The van der Waals surface area contributed by atoms with Crippen LogP contribution in [0.5, 0.6) is 6.01 Å². The number of rotatable bonds is 6. The molecule has 0 aliphatic carbocycles. The highest BCUT2D eigenvalue weighted by molar-refractivity contribution is 6.28. The normalized spacial score (nSPS) is 10.1.